The van der Waals surface area contributed by atoms with Crippen LogP contribution in [0.25, 0.3) is 11.7 Å². The van der Waals surface area contributed by atoms with Crippen molar-refractivity contribution in [3.05, 3.63) is 62.0 Å². The molecule has 0 spiro atoms. The number of benzene rings is 1. The van der Waals surface area contributed by atoms with Crippen LogP contribution in [0.1, 0.15) is 48.2 Å². The highest BCUT2D eigenvalue weighted by molar-refractivity contribution is 9.10. The van der Waals surface area contributed by atoms with Gasteiger partial charge in [-0.05, 0) is 55.0 Å². The third-order valence-electron chi connectivity index (χ3n) is 6.21. The number of aromatic nitrogens is 3. The number of carbonyl (C=O) groups excluding carboxylic acids is 2. The van der Waals surface area contributed by atoms with Crippen LogP contribution in [0, 0.1) is 5.92 Å². The first-order valence-electron chi connectivity index (χ1n) is 11.7. The van der Waals surface area contributed by atoms with Gasteiger partial charge in [-0.15, -0.1) is 0 Å². The zero-order valence-electron chi connectivity index (χ0n) is 19.5. The van der Waals surface area contributed by atoms with Gasteiger partial charge in [-0.3, -0.25) is 19.0 Å². The molecule has 0 atom stereocenters. The summed E-state index contributed by atoms with van der Waals surface area (Å²) < 4.78 is 3.62. The second-order valence-electron chi connectivity index (χ2n) is 9.44. The highest BCUT2D eigenvalue weighted by Crippen LogP contribution is 2.31. The van der Waals surface area contributed by atoms with Crippen LogP contribution in [0.3, 0.4) is 0 Å². The summed E-state index contributed by atoms with van der Waals surface area (Å²) in [7, 11) is 0. The topological polar surface area (TPSA) is 109 Å². The van der Waals surface area contributed by atoms with E-state index in [0.29, 0.717) is 24.3 Å². The lowest BCUT2D eigenvalue weighted by molar-refractivity contribution is -0.114. The molecule has 35 heavy (non-hydrogen) atoms. The Morgan fingerprint density at radius 1 is 1.31 bits per heavy atom. The minimum absolute atomic E-state index is 0.0366. The van der Waals surface area contributed by atoms with Gasteiger partial charge in [0.2, 0.25) is 5.88 Å². The van der Waals surface area contributed by atoms with Crippen molar-refractivity contribution in [3.63, 3.8) is 0 Å². The number of amides is 2. The minimum atomic E-state index is -0.694. The number of hydrogen-bond acceptors (Lipinski definition) is 5. The molecule has 2 N–H and O–H groups in total. The Balaban J connectivity index is 1.53. The monoisotopic (exact) mass is 539 g/mol. The highest BCUT2D eigenvalue weighted by atomic mass is 79.9. The van der Waals surface area contributed by atoms with Crippen LogP contribution < -0.4 is 15.8 Å². The maximum atomic E-state index is 13.1. The van der Waals surface area contributed by atoms with E-state index in [1.54, 1.807) is 11.0 Å². The number of halogens is 1. The largest absolute Gasteiger partial charge is 0.494 e. The van der Waals surface area contributed by atoms with Crippen molar-refractivity contribution < 1.29 is 14.7 Å². The Labute approximate surface area is 210 Å². The van der Waals surface area contributed by atoms with E-state index >= 15 is 0 Å². The fourth-order valence-electron chi connectivity index (χ4n) is 4.40. The Hall–Kier alpha value is -3.40. The van der Waals surface area contributed by atoms with E-state index in [4.69, 9.17) is 0 Å². The standard InChI is InChI=1S/C25H26BrN5O4/c1-14(2)13-30-23-16(3-8-20(32)29-10-9-15-11-17(26)4-7-19(15)29)12-27-31(23)25(35)21(24(30)34)22(33)28-18-5-6-18/h3-4,7-8,11-12,14,18,34H,5-6,9-10,13H2,1-2H3,(H,28,33)/b8-3+. The number of nitrogens with zero attached hydrogens (tertiary/aromatic N) is 4. The first kappa shape index (κ1) is 23.3. The molecule has 9 nitrogen and oxygen atoms in total. The van der Waals surface area contributed by atoms with Crippen molar-refractivity contribution in [1.29, 1.82) is 0 Å². The normalized spacial score (nSPS) is 15.4. The number of carbonyl (C=O) groups is 2. The van der Waals surface area contributed by atoms with Gasteiger partial charge in [0.25, 0.3) is 17.4 Å². The van der Waals surface area contributed by atoms with Gasteiger partial charge in [0.05, 0.1) is 6.20 Å². The summed E-state index contributed by atoms with van der Waals surface area (Å²) in [5, 5.41) is 18.0. The highest BCUT2D eigenvalue weighted by Gasteiger charge is 2.30. The van der Waals surface area contributed by atoms with Gasteiger partial charge in [-0.25, -0.2) is 0 Å². The summed E-state index contributed by atoms with van der Waals surface area (Å²) in [5.74, 6) is -1.07. The van der Waals surface area contributed by atoms with E-state index < -0.39 is 17.3 Å². The summed E-state index contributed by atoms with van der Waals surface area (Å²) in [6, 6.07) is 5.88. The van der Waals surface area contributed by atoms with E-state index in [0.717, 1.165) is 39.5 Å². The molecule has 0 saturated heterocycles. The van der Waals surface area contributed by atoms with Crippen LogP contribution in [0.5, 0.6) is 5.88 Å². The molecule has 1 aromatic carbocycles. The van der Waals surface area contributed by atoms with Crippen molar-refractivity contribution in [3.8, 4) is 5.88 Å². The molecule has 0 bridgehead atoms. The van der Waals surface area contributed by atoms with E-state index in [-0.39, 0.29) is 23.4 Å². The SMILES string of the molecule is CC(C)Cn1c(O)c(C(=O)NC2CC2)c(=O)n2ncc(/C=C/C(=O)N3CCc4cc(Br)ccc43)c12. The summed E-state index contributed by atoms with van der Waals surface area (Å²) in [4.78, 5) is 40.5. The lowest BCUT2D eigenvalue weighted by atomic mass is 10.2. The zero-order valence-corrected chi connectivity index (χ0v) is 21.1. The predicted molar refractivity (Wildman–Crippen MR) is 136 cm³/mol. The van der Waals surface area contributed by atoms with Crippen LogP contribution >= 0.6 is 15.9 Å². The average Bonchev–Trinajstić information content (AvgIpc) is 3.35. The summed E-state index contributed by atoms with van der Waals surface area (Å²) >= 11 is 3.47. The van der Waals surface area contributed by atoms with Gasteiger partial charge in [0.1, 0.15) is 5.65 Å². The molecule has 182 valence electrons. The molecule has 10 heteroatoms. The molecule has 1 saturated carbocycles. The number of rotatable bonds is 6. The Kier molecular flexibility index (Phi) is 6.00. The van der Waals surface area contributed by atoms with E-state index in [2.05, 4.69) is 26.3 Å². The number of hydrogen-bond donors (Lipinski definition) is 2. The van der Waals surface area contributed by atoms with E-state index in [9.17, 15) is 19.5 Å². The zero-order chi connectivity index (χ0) is 24.9. The lowest BCUT2D eigenvalue weighted by Gasteiger charge is -2.17. The number of anilines is 1. The van der Waals surface area contributed by atoms with Crippen LogP contribution in [0.2, 0.25) is 0 Å². The third kappa shape index (κ3) is 4.38. The van der Waals surface area contributed by atoms with Gasteiger partial charge in [-0.1, -0.05) is 29.8 Å². The van der Waals surface area contributed by atoms with Gasteiger partial charge in [0, 0.05) is 40.9 Å². The molecule has 5 rings (SSSR count). The van der Waals surface area contributed by atoms with Crippen molar-refractivity contribution in [2.75, 3.05) is 11.4 Å². The molecule has 2 aliphatic rings. The first-order chi connectivity index (χ1) is 16.7. The van der Waals surface area contributed by atoms with Crippen LogP contribution in [-0.2, 0) is 17.8 Å². The molecule has 1 fully saturated rings. The maximum absolute atomic E-state index is 13.1. The molecular weight excluding hydrogens is 514 g/mol. The fraction of sp³-hybridized carbons (Fsp3) is 0.360. The first-order valence-corrected chi connectivity index (χ1v) is 12.5. The van der Waals surface area contributed by atoms with Crippen LogP contribution in [-0.4, -0.2) is 43.7 Å². The van der Waals surface area contributed by atoms with Crippen molar-refractivity contribution in [2.45, 2.75) is 45.7 Å². The summed E-state index contributed by atoms with van der Waals surface area (Å²) in [6.07, 6.45) is 7.01. The molecule has 0 radical (unpaired) electrons. The Morgan fingerprint density at radius 3 is 2.80 bits per heavy atom. The molecule has 1 aliphatic carbocycles. The van der Waals surface area contributed by atoms with Crippen LogP contribution in [0.4, 0.5) is 5.69 Å². The number of fused-ring (bicyclic) bond motifs is 2. The van der Waals surface area contributed by atoms with Crippen LogP contribution in [0.15, 0.2) is 39.7 Å². The van der Waals surface area contributed by atoms with Gasteiger partial charge in [0.15, 0.2) is 5.56 Å². The minimum Gasteiger partial charge on any atom is -0.494 e. The maximum Gasteiger partial charge on any atom is 0.291 e. The molecule has 3 heterocycles. The van der Waals surface area contributed by atoms with Gasteiger partial charge in [-0.2, -0.15) is 9.61 Å². The Bertz CT molecular complexity index is 1430. The van der Waals surface area contributed by atoms with E-state index in [1.165, 1.54) is 16.8 Å². The number of nitrogens with one attached hydrogen (secondary N) is 1. The van der Waals surface area contributed by atoms with Crippen molar-refractivity contribution in [2.24, 2.45) is 5.92 Å². The number of aromatic hydroxyl groups is 1. The third-order valence-corrected chi connectivity index (χ3v) is 6.70. The second-order valence-corrected chi connectivity index (χ2v) is 10.4. The Morgan fingerprint density at radius 2 is 2.09 bits per heavy atom. The molecule has 3 aromatic rings. The second kappa shape index (κ2) is 8.99. The van der Waals surface area contributed by atoms with E-state index in [1.807, 2.05) is 32.0 Å². The molecular formula is C25H26BrN5O4. The molecule has 2 amide bonds. The fourth-order valence-corrected chi connectivity index (χ4v) is 4.81. The van der Waals surface area contributed by atoms with Crippen molar-refractivity contribution in [1.82, 2.24) is 19.5 Å². The average molecular weight is 540 g/mol. The summed E-state index contributed by atoms with van der Waals surface area (Å²) in [5.41, 5.74) is 1.79. The quantitative estimate of drug-likeness (QED) is 0.468. The molecule has 2 aromatic heterocycles. The predicted octanol–water partition coefficient (Wildman–Crippen LogP) is 3.11. The molecule has 0 unspecified atom stereocenters. The van der Waals surface area contributed by atoms with Gasteiger partial charge >= 0.3 is 0 Å². The van der Waals surface area contributed by atoms with Crippen molar-refractivity contribution >= 4 is 45.2 Å². The van der Waals surface area contributed by atoms with Gasteiger partial charge < -0.3 is 15.3 Å². The smallest absolute Gasteiger partial charge is 0.291 e. The summed E-state index contributed by atoms with van der Waals surface area (Å²) in [6.45, 7) is 4.88. The molecule has 1 aliphatic heterocycles. The lowest BCUT2D eigenvalue weighted by Crippen LogP contribution is -2.34.